The van der Waals surface area contributed by atoms with Crippen molar-refractivity contribution in [3.05, 3.63) is 29.3 Å². The van der Waals surface area contributed by atoms with E-state index in [1.165, 1.54) is 0 Å². The number of carbonyl (C=O) groups is 2. The predicted molar refractivity (Wildman–Crippen MR) is 59.0 cm³/mol. The van der Waals surface area contributed by atoms with Gasteiger partial charge in [-0.15, -0.1) is 0 Å². The van der Waals surface area contributed by atoms with E-state index in [0.717, 1.165) is 18.4 Å². The second kappa shape index (κ2) is 3.33. The number of benzene rings is 1. The Morgan fingerprint density at radius 2 is 2.19 bits per heavy atom. The minimum atomic E-state index is 0.0578. The van der Waals surface area contributed by atoms with E-state index in [1.54, 1.807) is 6.07 Å². The normalized spacial score (nSPS) is 18.5. The molecule has 0 bridgehead atoms. The summed E-state index contributed by atoms with van der Waals surface area (Å²) in [6.45, 7) is 0.688. The van der Waals surface area contributed by atoms with Crippen LogP contribution in [0.5, 0.6) is 0 Å². The summed E-state index contributed by atoms with van der Waals surface area (Å²) in [5, 5.41) is 2.59. The number of rotatable bonds is 3. The first-order valence-corrected chi connectivity index (χ1v) is 5.44. The smallest absolute Gasteiger partial charge is 0.256 e. The first-order valence-electron chi connectivity index (χ1n) is 5.44. The highest BCUT2D eigenvalue weighted by Crippen LogP contribution is 2.36. The van der Waals surface area contributed by atoms with Gasteiger partial charge in [-0.05, 0) is 24.5 Å². The Kier molecular flexibility index (Phi) is 1.96. The summed E-state index contributed by atoms with van der Waals surface area (Å²) < 4.78 is 0. The summed E-state index contributed by atoms with van der Waals surface area (Å²) in [7, 11) is 0. The van der Waals surface area contributed by atoms with Crippen LogP contribution in [0.4, 0.5) is 5.69 Å². The predicted octanol–water partition coefficient (Wildman–Crippen LogP) is 1.37. The average Bonchev–Trinajstić information content (AvgIpc) is 3.05. The van der Waals surface area contributed by atoms with Crippen LogP contribution in [0.15, 0.2) is 18.2 Å². The highest BCUT2D eigenvalue weighted by atomic mass is 16.2. The van der Waals surface area contributed by atoms with E-state index in [2.05, 4.69) is 5.32 Å². The van der Waals surface area contributed by atoms with Crippen LogP contribution in [0.25, 0.3) is 0 Å². The zero-order valence-electron chi connectivity index (χ0n) is 8.77. The summed E-state index contributed by atoms with van der Waals surface area (Å²) >= 11 is 0. The van der Waals surface area contributed by atoms with Crippen molar-refractivity contribution in [1.29, 1.82) is 0 Å². The third kappa shape index (κ3) is 1.30. The van der Waals surface area contributed by atoms with Crippen LogP contribution >= 0.6 is 0 Å². The van der Waals surface area contributed by atoms with Crippen molar-refractivity contribution in [3.8, 4) is 0 Å². The number of amides is 2. The second-order valence-corrected chi connectivity index (χ2v) is 4.27. The van der Waals surface area contributed by atoms with Crippen LogP contribution in [0.1, 0.15) is 28.8 Å². The number of fused-ring (bicyclic) bond motifs is 1. The van der Waals surface area contributed by atoms with Crippen LogP contribution in [0.2, 0.25) is 0 Å². The Bertz CT molecular complexity index is 466. The van der Waals surface area contributed by atoms with Crippen molar-refractivity contribution in [2.45, 2.75) is 25.4 Å². The Labute approximate surface area is 93.2 Å². The van der Waals surface area contributed by atoms with Gasteiger partial charge in [-0.2, -0.15) is 0 Å². The number of anilines is 1. The fourth-order valence-electron chi connectivity index (χ4n) is 2.25. The SMILES string of the molecule is O=CNc1cccc2c1C(=O)N(C1CC1)C2. The maximum Gasteiger partial charge on any atom is 0.256 e. The molecule has 1 saturated carbocycles. The Hall–Kier alpha value is -1.84. The lowest BCUT2D eigenvalue weighted by molar-refractivity contribution is -0.105. The van der Waals surface area contributed by atoms with Gasteiger partial charge in [0.1, 0.15) is 0 Å². The molecule has 1 aromatic carbocycles. The highest BCUT2D eigenvalue weighted by Gasteiger charge is 2.39. The highest BCUT2D eigenvalue weighted by molar-refractivity contribution is 6.05. The van der Waals surface area contributed by atoms with E-state index in [1.807, 2.05) is 17.0 Å². The lowest BCUT2D eigenvalue weighted by Crippen LogP contribution is -2.26. The summed E-state index contributed by atoms with van der Waals surface area (Å²) in [6, 6.07) is 6.01. The van der Waals surface area contributed by atoms with Crippen molar-refractivity contribution in [2.75, 3.05) is 5.32 Å². The van der Waals surface area contributed by atoms with E-state index in [0.29, 0.717) is 30.2 Å². The molecular weight excluding hydrogens is 204 g/mol. The molecule has 0 atom stereocenters. The molecule has 3 rings (SSSR count). The molecule has 16 heavy (non-hydrogen) atoms. The molecule has 2 amide bonds. The molecule has 4 nitrogen and oxygen atoms in total. The first kappa shape index (κ1) is 9.39. The largest absolute Gasteiger partial charge is 0.331 e. The van der Waals surface area contributed by atoms with Crippen LogP contribution < -0.4 is 5.32 Å². The monoisotopic (exact) mass is 216 g/mol. The van der Waals surface area contributed by atoms with Crippen molar-refractivity contribution in [2.24, 2.45) is 0 Å². The van der Waals surface area contributed by atoms with Crippen LogP contribution in [0, 0.1) is 0 Å². The summed E-state index contributed by atoms with van der Waals surface area (Å²) in [5.41, 5.74) is 2.31. The maximum absolute atomic E-state index is 12.1. The standard InChI is InChI=1S/C12H12N2O2/c15-7-13-10-3-1-2-8-6-14(9-4-5-9)12(16)11(8)10/h1-3,7,9H,4-6H2,(H,13,15). The minimum absolute atomic E-state index is 0.0578. The van der Waals surface area contributed by atoms with Gasteiger partial charge in [0.05, 0.1) is 11.3 Å². The fourth-order valence-corrected chi connectivity index (χ4v) is 2.25. The number of nitrogens with one attached hydrogen (secondary N) is 1. The van der Waals surface area contributed by atoms with E-state index in [9.17, 15) is 9.59 Å². The molecule has 0 aromatic heterocycles. The molecule has 1 aliphatic heterocycles. The molecule has 1 heterocycles. The van der Waals surface area contributed by atoms with Crippen molar-refractivity contribution >= 4 is 18.0 Å². The van der Waals surface area contributed by atoms with Gasteiger partial charge in [0, 0.05) is 12.6 Å². The molecule has 0 unspecified atom stereocenters. The molecule has 1 fully saturated rings. The molecule has 0 saturated heterocycles. The van der Waals surface area contributed by atoms with Crippen LogP contribution in [0.3, 0.4) is 0 Å². The summed E-state index contributed by atoms with van der Waals surface area (Å²) in [6.07, 6.45) is 2.83. The first-order chi connectivity index (χ1) is 7.81. The molecule has 4 heteroatoms. The van der Waals surface area contributed by atoms with Gasteiger partial charge in [0.2, 0.25) is 6.41 Å². The lowest BCUT2D eigenvalue weighted by atomic mass is 10.1. The third-order valence-corrected chi connectivity index (χ3v) is 3.17. The molecule has 0 radical (unpaired) electrons. The molecule has 2 aliphatic rings. The Balaban J connectivity index is 2.01. The molecule has 1 aromatic rings. The molecular formula is C12H12N2O2. The summed E-state index contributed by atoms with van der Waals surface area (Å²) in [5.74, 6) is 0.0578. The maximum atomic E-state index is 12.1. The molecule has 1 N–H and O–H groups in total. The number of hydrogen-bond donors (Lipinski definition) is 1. The number of carbonyl (C=O) groups excluding carboxylic acids is 2. The van der Waals surface area contributed by atoms with Crippen molar-refractivity contribution in [1.82, 2.24) is 4.90 Å². The Morgan fingerprint density at radius 3 is 2.88 bits per heavy atom. The zero-order chi connectivity index (χ0) is 11.1. The van der Waals surface area contributed by atoms with Crippen LogP contribution in [-0.4, -0.2) is 23.3 Å². The summed E-state index contributed by atoms with van der Waals surface area (Å²) in [4.78, 5) is 24.5. The van der Waals surface area contributed by atoms with E-state index < -0.39 is 0 Å². The van der Waals surface area contributed by atoms with E-state index in [4.69, 9.17) is 0 Å². The van der Waals surface area contributed by atoms with Crippen LogP contribution in [-0.2, 0) is 11.3 Å². The Morgan fingerprint density at radius 1 is 1.38 bits per heavy atom. The number of nitrogens with zero attached hydrogens (tertiary/aromatic N) is 1. The second-order valence-electron chi connectivity index (χ2n) is 4.27. The van der Waals surface area contributed by atoms with Gasteiger partial charge in [0.15, 0.2) is 0 Å². The van der Waals surface area contributed by atoms with E-state index >= 15 is 0 Å². The fraction of sp³-hybridized carbons (Fsp3) is 0.333. The lowest BCUT2D eigenvalue weighted by Gasteiger charge is -2.13. The third-order valence-electron chi connectivity index (χ3n) is 3.17. The van der Waals surface area contributed by atoms with Gasteiger partial charge < -0.3 is 10.2 Å². The topological polar surface area (TPSA) is 49.4 Å². The van der Waals surface area contributed by atoms with Gasteiger partial charge in [-0.25, -0.2) is 0 Å². The van der Waals surface area contributed by atoms with Gasteiger partial charge >= 0.3 is 0 Å². The molecule has 1 aliphatic carbocycles. The van der Waals surface area contributed by atoms with Gasteiger partial charge in [-0.1, -0.05) is 12.1 Å². The van der Waals surface area contributed by atoms with Gasteiger partial charge in [0.25, 0.3) is 5.91 Å². The molecule has 0 spiro atoms. The zero-order valence-corrected chi connectivity index (χ0v) is 8.77. The van der Waals surface area contributed by atoms with E-state index in [-0.39, 0.29) is 5.91 Å². The quantitative estimate of drug-likeness (QED) is 0.776. The molecule has 82 valence electrons. The number of hydrogen-bond acceptors (Lipinski definition) is 2. The van der Waals surface area contributed by atoms with Gasteiger partial charge in [-0.3, -0.25) is 9.59 Å². The van der Waals surface area contributed by atoms with Crippen molar-refractivity contribution < 1.29 is 9.59 Å². The van der Waals surface area contributed by atoms with Crippen molar-refractivity contribution in [3.63, 3.8) is 0 Å². The average molecular weight is 216 g/mol. The minimum Gasteiger partial charge on any atom is -0.331 e.